The highest BCUT2D eigenvalue weighted by Crippen LogP contribution is 2.45. The molecule has 1 amide bonds. The van der Waals surface area contributed by atoms with Gasteiger partial charge < -0.3 is 9.47 Å². The predicted molar refractivity (Wildman–Crippen MR) is 107 cm³/mol. The third-order valence-corrected chi connectivity index (χ3v) is 6.02. The lowest BCUT2D eigenvalue weighted by molar-refractivity contribution is -0.384. The number of nitro benzene ring substituents is 1. The number of hydrogen-bond donors (Lipinski definition) is 0. The average molecular weight is 397 g/mol. The van der Waals surface area contributed by atoms with E-state index in [1.54, 1.807) is 31.3 Å². The number of rotatable bonds is 4. The van der Waals surface area contributed by atoms with Gasteiger partial charge in [0.05, 0.1) is 31.4 Å². The smallest absolute Gasteiger partial charge is 0.269 e. The minimum atomic E-state index is -0.443. The van der Waals surface area contributed by atoms with Gasteiger partial charge in [-0.05, 0) is 48.7 Å². The van der Waals surface area contributed by atoms with Crippen molar-refractivity contribution in [2.75, 3.05) is 32.3 Å². The van der Waals surface area contributed by atoms with Gasteiger partial charge in [0, 0.05) is 30.8 Å². The molecular formula is C21H23N3O5. The van der Waals surface area contributed by atoms with Gasteiger partial charge in [-0.3, -0.25) is 24.7 Å². The van der Waals surface area contributed by atoms with Gasteiger partial charge in [0.15, 0.2) is 11.5 Å². The molecule has 1 saturated heterocycles. The number of ether oxygens (including phenoxy) is 2. The molecule has 1 unspecified atom stereocenters. The molecule has 29 heavy (non-hydrogen) atoms. The summed E-state index contributed by atoms with van der Waals surface area (Å²) in [4.78, 5) is 27.5. The number of non-ortho nitro benzene ring substituents is 1. The normalized spacial score (nSPS) is 21.3. The first-order valence-electron chi connectivity index (χ1n) is 9.42. The van der Waals surface area contributed by atoms with E-state index in [-0.39, 0.29) is 11.6 Å². The maximum Gasteiger partial charge on any atom is 0.269 e. The van der Waals surface area contributed by atoms with Crippen LogP contribution in [-0.4, -0.2) is 43.2 Å². The lowest BCUT2D eigenvalue weighted by Crippen LogP contribution is -2.60. The van der Waals surface area contributed by atoms with E-state index in [0.717, 1.165) is 24.1 Å². The van der Waals surface area contributed by atoms with Gasteiger partial charge >= 0.3 is 0 Å². The maximum absolute atomic E-state index is 13.1. The van der Waals surface area contributed by atoms with Gasteiger partial charge in [0.1, 0.15) is 0 Å². The molecule has 8 heteroatoms. The molecule has 0 N–H and O–H groups in total. The molecule has 2 aromatic rings. The highest BCUT2D eigenvalue weighted by atomic mass is 16.6. The Balaban J connectivity index is 1.67. The Morgan fingerprint density at radius 1 is 1.10 bits per heavy atom. The Hall–Kier alpha value is -3.13. The average Bonchev–Trinajstić information content (AvgIpc) is 2.72. The van der Waals surface area contributed by atoms with Crippen LogP contribution in [0.25, 0.3) is 0 Å². The molecule has 2 aliphatic heterocycles. The molecule has 2 heterocycles. The van der Waals surface area contributed by atoms with Gasteiger partial charge in [0.2, 0.25) is 5.91 Å². The summed E-state index contributed by atoms with van der Waals surface area (Å²) < 4.78 is 10.9. The highest BCUT2D eigenvalue weighted by Gasteiger charge is 2.46. The Kier molecular flexibility index (Phi) is 4.66. The molecule has 152 valence electrons. The van der Waals surface area contributed by atoms with Crippen molar-refractivity contribution >= 4 is 17.3 Å². The second-order valence-electron chi connectivity index (χ2n) is 7.57. The summed E-state index contributed by atoms with van der Waals surface area (Å²) in [6.45, 7) is 3.32. The fraction of sp³-hybridized carbons (Fsp3) is 0.381. The number of nitrogens with zero attached hydrogens (tertiary/aromatic N) is 3. The molecule has 2 aliphatic rings. The fourth-order valence-electron chi connectivity index (χ4n) is 4.36. The van der Waals surface area contributed by atoms with Crippen molar-refractivity contribution in [1.29, 1.82) is 0 Å². The Labute approximate surface area is 168 Å². The highest BCUT2D eigenvalue weighted by molar-refractivity contribution is 5.95. The molecular weight excluding hydrogens is 374 g/mol. The lowest BCUT2D eigenvalue weighted by atomic mass is 9.78. The summed E-state index contributed by atoms with van der Waals surface area (Å²) in [6.07, 6.45) is 1.15. The number of amides is 1. The van der Waals surface area contributed by atoms with E-state index in [9.17, 15) is 14.9 Å². The van der Waals surface area contributed by atoms with E-state index in [1.165, 1.54) is 12.1 Å². The first-order chi connectivity index (χ1) is 13.9. The molecule has 8 nitrogen and oxygen atoms in total. The third-order valence-electron chi connectivity index (χ3n) is 6.02. The van der Waals surface area contributed by atoms with Crippen LogP contribution in [0.3, 0.4) is 0 Å². The van der Waals surface area contributed by atoms with E-state index in [4.69, 9.17) is 9.47 Å². The van der Waals surface area contributed by atoms with Crippen molar-refractivity contribution < 1.29 is 19.2 Å². The molecule has 0 radical (unpaired) electrons. The Morgan fingerprint density at radius 3 is 2.38 bits per heavy atom. The van der Waals surface area contributed by atoms with Crippen LogP contribution >= 0.6 is 0 Å². The first kappa shape index (κ1) is 19.2. The predicted octanol–water partition coefficient (Wildman–Crippen LogP) is 3.08. The lowest BCUT2D eigenvalue weighted by Gasteiger charge is -2.51. The SMILES string of the molecule is COc1cc2c(cc1OC)C1(C)CC(=O)N(c3ccc([N+](=O)[O-])cc3)CN1CC2. The first-order valence-corrected chi connectivity index (χ1v) is 9.42. The second-order valence-corrected chi connectivity index (χ2v) is 7.57. The molecule has 0 bridgehead atoms. The topological polar surface area (TPSA) is 85.1 Å². The van der Waals surface area contributed by atoms with Crippen LogP contribution in [0.5, 0.6) is 11.5 Å². The summed E-state index contributed by atoms with van der Waals surface area (Å²) in [6, 6.07) is 10.1. The van der Waals surface area contributed by atoms with Crippen LogP contribution in [0.2, 0.25) is 0 Å². The quantitative estimate of drug-likeness (QED) is 0.582. The Morgan fingerprint density at radius 2 is 1.76 bits per heavy atom. The van der Waals surface area contributed by atoms with Gasteiger partial charge in [-0.2, -0.15) is 0 Å². The fourth-order valence-corrected chi connectivity index (χ4v) is 4.36. The maximum atomic E-state index is 13.1. The summed E-state index contributed by atoms with van der Waals surface area (Å²) in [7, 11) is 3.23. The second kappa shape index (κ2) is 7.04. The van der Waals surface area contributed by atoms with Crippen molar-refractivity contribution in [3.05, 3.63) is 57.6 Å². The zero-order chi connectivity index (χ0) is 20.8. The summed E-state index contributed by atoms with van der Waals surface area (Å²) in [5.41, 5.74) is 2.48. The molecule has 2 aromatic carbocycles. The molecule has 0 spiro atoms. The van der Waals surface area contributed by atoms with Gasteiger partial charge in [-0.25, -0.2) is 0 Å². The standard InChI is InChI=1S/C21H23N3O5/c1-21-12-20(25)23(15-4-6-16(7-5-15)24(26)27)13-22(21)9-8-14-10-18(28-2)19(29-3)11-17(14)21/h4-7,10-11H,8-9,12-13H2,1-3H3. The van der Waals surface area contributed by atoms with Gasteiger partial charge in [0.25, 0.3) is 5.69 Å². The summed E-state index contributed by atoms with van der Waals surface area (Å²) >= 11 is 0. The van der Waals surface area contributed by atoms with Gasteiger partial charge in [-0.15, -0.1) is 0 Å². The van der Waals surface area contributed by atoms with Crippen LogP contribution in [0.4, 0.5) is 11.4 Å². The van der Waals surface area contributed by atoms with Crippen LogP contribution in [0, 0.1) is 10.1 Å². The number of benzene rings is 2. The molecule has 0 aromatic heterocycles. The minimum absolute atomic E-state index is 0.0102. The van der Waals surface area contributed by atoms with E-state index in [2.05, 4.69) is 11.8 Å². The number of methoxy groups -OCH3 is 2. The largest absolute Gasteiger partial charge is 0.493 e. The molecule has 0 aliphatic carbocycles. The monoisotopic (exact) mass is 397 g/mol. The zero-order valence-corrected chi connectivity index (χ0v) is 16.7. The third kappa shape index (κ3) is 3.09. The van der Waals surface area contributed by atoms with E-state index >= 15 is 0 Å². The van der Waals surface area contributed by atoms with Gasteiger partial charge in [-0.1, -0.05) is 0 Å². The molecule has 1 fully saturated rings. The van der Waals surface area contributed by atoms with Crippen LogP contribution < -0.4 is 14.4 Å². The number of carbonyl (C=O) groups excluding carboxylic acids is 1. The van der Waals surface area contributed by atoms with E-state index in [0.29, 0.717) is 30.3 Å². The number of nitro groups is 1. The number of hydrogen-bond acceptors (Lipinski definition) is 6. The van der Waals surface area contributed by atoms with Crippen molar-refractivity contribution in [2.24, 2.45) is 0 Å². The molecule has 4 rings (SSSR count). The zero-order valence-electron chi connectivity index (χ0n) is 16.7. The van der Waals surface area contributed by atoms with Crippen molar-refractivity contribution in [2.45, 2.75) is 25.3 Å². The minimum Gasteiger partial charge on any atom is -0.493 e. The number of carbonyl (C=O) groups is 1. The van der Waals surface area contributed by atoms with Crippen molar-refractivity contribution in [3.8, 4) is 11.5 Å². The molecule has 1 atom stereocenters. The Bertz CT molecular complexity index is 975. The number of fused-ring (bicyclic) bond motifs is 3. The van der Waals surface area contributed by atoms with E-state index in [1.807, 2.05) is 12.1 Å². The van der Waals surface area contributed by atoms with Crippen LogP contribution in [-0.2, 0) is 16.8 Å². The van der Waals surface area contributed by atoms with Crippen molar-refractivity contribution in [1.82, 2.24) is 4.90 Å². The molecule has 0 saturated carbocycles. The van der Waals surface area contributed by atoms with Crippen LogP contribution in [0.1, 0.15) is 24.5 Å². The van der Waals surface area contributed by atoms with Crippen molar-refractivity contribution in [3.63, 3.8) is 0 Å². The number of anilines is 1. The summed E-state index contributed by atoms with van der Waals surface area (Å²) in [5.74, 6) is 1.33. The van der Waals surface area contributed by atoms with Crippen LogP contribution in [0.15, 0.2) is 36.4 Å². The summed E-state index contributed by atoms with van der Waals surface area (Å²) in [5, 5.41) is 10.9. The van der Waals surface area contributed by atoms with E-state index < -0.39 is 10.5 Å².